The lowest BCUT2D eigenvalue weighted by atomic mass is 10.1. The minimum Gasteiger partial charge on any atom is -0.290 e. The van der Waals surface area contributed by atoms with Crippen LogP contribution in [-0.4, -0.2) is 18.2 Å². The number of carbonyl (C=O) groups is 2. The predicted octanol–water partition coefficient (Wildman–Crippen LogP) is 7.01. The smallest absolute Gasteiger partial charge is 0.290 e. The van der Waals surface area contributed by atoms with E-state index in [4.69, 9.17) is 19.6 Å². The highest BCUT2D eigenvalue weighted by Gasteiger charge is 2.21. The standard InChI is InChI=1S/C28H38O6/c1-5-8-10-22-12-16-24(17-13-22)27(29)33-31-26(20-21(4)7-3)32-34-28(30)25-18-14-23(15-19-25)11-9-6-2/h12-19,21,26H,5-11,20H2,1-4H3. The molecule has 6 nitrogen and oxygen atoms in total. The van der Waals surface area contributed by atoms with Gasteiger partial charge in [0.1, 0.15) is 0 Å². The van der Waals surface area contributed by atoms with Gasteiger partial charge in [0, 0.05) is 6.42 Å². The fraction of sp³-hybridized carbons (Fsp3) is 0.500. The average molecular weight is 471 g/mol. The van der Waals surface area contributed by atoms with Gasteiger partial charge >= 0.3 is 11.9 Å². The molecule has 0 radical (unpaired) electrons. The van der Waals surface area contributed by atoms with E-state index in [1.54, 1.807) is 24.3 Å². The Balaban J connectivity index is 1.90. The van der Waals surface area contributed by atoms with Gasteiger partial charge in [-0.2, -0.15) is 0 Å². The van der Waals surface area contributed by atoms with Gasteiger partial charge in [0.05, 0.1) is 11.1 Å². The highest BCUT2D eigenvalue weighted by atomic mass is 17.3. The quantitative estimate of drug-likeness (QED) is 0.158. The van der Waals surface area contributed by atoms with Crippen molar-refractivity contribution >= 4 is 11.9 Å². The lowest BCUT2D eigenvalue weighted by Crippen LogP contribution is -2.24. The van der Waals surface area contributed by atoms with E-state index in [0.717, 1.165) is 44.9 Å². The zero-order chi connectivity index (χ0) is 24.8. The van der Waals surface area contributed by atoms with Crippen molar-refractivity contribution in [2.45, 2.75) is 85.4 Å². The van der Waals surface area contributed by atoms with E-state index in [1.807, 2.05) is 38.1 Å². The summed E-state index contributed by atoms with van der Waals surface area (Å²) in [6, 6.07) is 14.5. The predicted molar refractivity (Wildman–Crippen MR) is 131 cm³/mol. The zero-order valence-electron chi connectivity index (χ0n) is 20.9. The summed E-state index contributed by atoms with van der Waals surface area (Å²) in [4.78, 5) is 45.2. The van der Waals surface area contributed by atoms with Crippen molar-refractivity contribution in [2.75, 3.05) is 0 Å². The molecule has 2 aromatic carbocycles. The number of unbranched alkanes of at least 4 members (excludes halogenated alkanes) is 2. The molecule has 1 atom stereocenters. The number of benzene rings is 2. The Labute approximate surface area is 203 Å². The van der Waals surface area contributed by atoms with Crippen LogP contribution in [0.5, 0.6) is 0 Å². The summed E-state index contributed by atoms with van der Waals surface area (Å²) < 4.78 is 0. The molecule has 0 saturated carbocycles. The second-order valence-corrected chi connectivity index (χ2v) is 8.71. The van der Waals surface area contributed by atoms with E-state index in [-0.39, 0.29) is 5.92 Å². The van der Waals surface area contributed by atoms with Gasteiger partial charge in [-0.3, -0.25) is 9.78 Å². The summed E-state index contributed by atoms with van der Waals surface area (Å²) in [5, 5.41) is 0. The molecule has 0 saturated heterocycles. The highest BCUT2D eigenvalue weighted by Crippen LogP contribution is 2.17. The Morgan fingerprint density at radius 2 is 1.12 bits per heavy atom. The molecule has 0 aromatic heterocycles. The first-order valence-corrected chi connectivity index (χ1v) is 12.4. The van der Waals surface area contributed by atoms with Gasteiger partial charge in [0.15, 0.2) is 0 Å². The van der Waals surface area contributed by atoms with E-state index < -0.39 is 18.2 Å². The summed E-state index contributed by atoms with van der Waals surface area (Å²) >= 11 is 0. The van der Waals surface area contributed by atoms with Crippen LogP contribution in [0.4, 0.5) is 0 Å². The molecule has 1 unspecified atom stereocenters. The van der Waals surface area contributed by atoms with Crippen LogP contribution in [-0.2, 0) is 32.4 Å². The van der Waals surface area contributed by atoms with Crippen molar-refractivity contribution in [3.8, 4) is 0 Å². The Kier molecular flexibility index (Phi) is 12.4. The Hall–Kier alpha value is -2.70. The molecule has 0 bridgehead atoms. The number of carbonyl (C=O) groups excluding carboxylic acids is 2. The molecule has 34 heavy (non-hydrogen) atoms. The van der Waals surface area contributed by atoms with E-state index in [2.05, 4.69) is 13.8 Å². The van der Waals surface area contributed by atoms with Crippen LogP contribution in [0.25, 0.3) is 0 Å². The van der Waals surface area contributed by atoms with Crippen molar-refractivity contribution in [3.63, 3.8) is 0 Å². The van der Waals surface area contributed by atoms with Crippen molar-refractivity contribution in [1.29, 1.82) is 0 Å². The van der Waals surface area contributed by atoms with Crippen LogP contribution in [0.1, 0.15) is 98.1 Å². The maximum absolute atomic E-state index is 12.4. The first-order chi connectivity index (χ1) is 16.5. The van der Waals surface area contributed by atoms with Gasteiger partial charge in [-0.05, 0) is 67.0 Å². The van der Waals surface area contributed by atoms with E-state index in [0.29, 0.717) is 17.5 Å². The SMILES string of the molecule is CCCCc1ccc(C(=O)OOC(CC(C)CC)OOC(=O)c2ccc(CCCC)cc2)cc1. The van der Waals surface area contributed by atoms with Crippen LogP contribution in [0, 0.1) is 5.92 Å². The number of hydrogen-bond acceptors (Lipinski definition) is 6. The second-order valence-electron chi connectivity index (χ2n) is 8.71. The van der Waals surface area contributed by atoms with E-state index in [9.17, 15) is 9.59 Å². The topological polar surface area (TPSA) is 71.1 Å². The molecule has 2 aromatic rings. The molecule has 0 amide bonds. The number of aryl methyl sites for hydroxylation is 2. The van der Waals surface area contributed by atoms with Crippen molar-refractivity contribution < 1.29 is 29.1 Å². The molecule has 6 heteroatoms. The van der Waals surface area contributed by atoms with Gasteiger partial charge in [0.25, 0.3) is 0 Å². The molecule has 0 spiro atoms. The molecule has 2 rings (SSSR count). The average Bonchev–Trinajstić information content (AvgIpc) is 2.87. The summed E-state index contributed by atoms with van der Waals surface area (Å²) in [5.41, 5.74) is 3.09. The van der Waals surface area contributed by atoms with Crippen LogP contribution in [0.15, 0.2) is 48.5 Å². The normalized spacial score (nSPS) is 11.9. The maximum Gasteiger partial charge on any atom is 0.373 e. The second kappa shape index (κ2) is 15.3. The molecule has 0 heterocycles. The van der Waals surface area contributed by atoms with Crippen LogP contribution in [0.2, 0.25) is 0 Å². The maximum atomic E-state index is 12.4. The first kappa shape index (κ1) is 27.5. The molecule has 0 aliphatic rings. The van der Waals surface area contributed by atoms with Gasteiger partial charge in [-0.25, -0.2) is 9.59 Å². The molecular weight excluding hydrogens is 432 g/mol. The third kappa shape index (κ3) is 9.65. The molecule has 0 aliphatic heterocycles. The Morgan fingerprint density at radius 1 is 0.706 bits per heavy atom. The number of hydrogen-bond donors (Lipinski definition) is 0. The minimum absolute atomic E-state index is 0.207. The molecule has 0 aliphatic carbocycles. The van der Waals surface area contributed by atoms with Gasteiger partial charge < -0.3 is 0 Å². The molecule has 186 valence electrons. The summed E-state index contributed by atoms with van der Waals surface area (Å²) in [5.74, 6) is -1.05. The lowest BCUT2D eigenvalue weighted by molar-refractivity contribution is -0.423. The highest BCUT2D eigenvalue weighted by molar-refractivity contribution is 5.89. The van der Waals surface area contributed by atoms with E-state index in [1.165, 1.54) is 11.1 Å². The molecular formula is C28H38O6. The monoisotopic (exact) mass is 470 g/mol. The molecule has 0 fully saturated rings. The fourth-order valence-corrected chi connectivity index (χ4v) is 3.26. The zero-order valence-corrected chi connectivity index (χ0v) is 20.9. The minimum atomic E-state index is -1.03. The van der Waals surface area contributed by atoms with Crippen molar-refractivity contribution in [2.24, 2.45) is 5.92 Å². The van der Waals surface area contributed by atoms with Crippen LogP contribution in [0.3, 0.4) is 0 Å². The Morgan fingerprint density at radius 3 is 1.47 bits per heavy atom. The first-order valence-electron chi connectivity index (χ1n) is 12.4. The van der Waals surface area contributed by atoms with E-state index >= 15 is 0 Å². The lowest BCUT2D eigenvalue weighted by Gasteiger charge is -2.18. The summed E-state index contributed by atoms with van der Waals surface area (Å²) in [6.07, 6.45) is 6.60. The molecule has 0 N–H and O–H groups in total. The third-order valence-electron chi connectivity index (χ3n) is 5.77. The van der Waals surface area contributed by atoms with Gasteiger partial charge in [-0.1, -0.05) is 71.2 Å². The number of rotatable bonds is 15. The third-order valence-corrected chi connectivity index (χ3v) is 5.77. The largest absolute Gasteiger partial charge is 0.373 e. The van der Waals surface area contributed by atoms with Crippen molar-refractivity contribution in [1.82, 2.24) is 0 Å². The van der Waals surface area contributed by atoms with Crippen molar-refractivity contribution in [3.05, 3.63) is 70.8 Å². The van der Waals surface area contributed by atoms with Gasteiger partial charge in [0.2, 0.25) is 6.29 Å². The Bertz CT molecular complexity index is 792. The summed E-state index contributed by atoms with van der Waals surface area (Å²) in [6.45, 7) is 8.32. The fourth-order valence-electron chi connectivity index (χ4n) is 3.26. The summed E-state index contributed by atoms with van der Waals surface area (Å²) in [7, 11) is 0. The van der Waals surface area contributed by atoms with Crippen LogP contribution >= 0.6 is 0 Å². The van der Waals surface area contributed by atoms with Gasteiger partial charge in [-0.15, -0.1) is 9.78 Å². The van der Waals surface area contributed by atoms with Crippen LogP contribution < -0.4 is 0 Å².